The molecule has 0 radical (unpaired) electrons. The first-order chi connectivity index (χ1) is 8.58. The van der Waals surface area contributed by atoms with Gasteiger partial charge in [0, 0.05) is 19.1 Å². The fourth-order valence-corrected chi connectivity index (χ4v) is 1.98. The van der Waals surface area contributed by atoms with Crippen LogP contribution in [0.2, 0.25) is 0 Å². The highest BCUT2D eigenvalue weighted by atomic mass is 16.6. The van der Waals surface area contributed by atoms with Crippen molar-refractivity contribution in [2.75, 3.05) is 13.1 Å². The molecule has 1 aromatic heterocycles. The van der Waals surface area contributed by atoms with Gasteiger partial charge in [0.1, 0.15) is 5.69 Å². The van der Waals surface area contributed by atoms with Crippen molar-refractivity contribution in [3.63, 3.8) is 0 Å². The van der Waals surface area contributed by atoms with Crippen LogP contribution in [-0.2, 0) is 0 Å². The quantitative estimate of drug-likeness (QED) is 0.783. The summed E-state index contributed by atoms with van der Waals surface area (Å²) in [5.41, 5.74) is 0.686. The number of carbonyl (C=O) groups is 2. The lowest BCUT2D eigenvalue weighted by atomic mass is 10.0. The lowest BCUT2D eigenvalue weighted by Gasteiger charge is -2.31. The van der Waals surface area contributed by atoms with Crippen LogP contribution in [0.4, 0.5) is 4.79 Å². The number of hydrogen-bond acceptors (Lipinski definition) is 5. The summed E-state index contributed by atoms with van der Waals surface area (Å²) >= 11 is 0. The Kier molecular flexibility index (Phi) is 3.45. The third-order valence-corrected chi connectivity index (χ3v) is 2.96. The molecule has 8 heteroatoms. The zero-order valence-electron chi connectivity index (χ0n) is 9.92. The average Bonchev–Trinajstić information content (AvgIpc) is 2.75. The van der Waals surface area contributed by atoms with Gasteiger partial charge in [-0.2, -0.15) is 0 Å². The lowest BCUT2D eigenvalue weighted by molar-refractivity contribution is 0.0694. The molecule has 1 aromatic rings. The fraction of sp³-hybridized carbons (Fsp3) is 0.600. The number of aromatic nitrogens is 2. The zero-order valence-corrected chi connectivity index (χ0v) is 9.92. The predicted octanol–water partition coefficient (Wildman–Crippen LogP) is 0.250. The lowest BCUT2D eigenvalue weighted by Crippen LogP contribution is -2.46. The molecule has 2 amide bonds. The zero-order chi connectivity index (χ0) is 13.1. The minimum atomic E-state index is -1.03. The molecule has 2 N–H and O–H groups in total. The van der Waals surface area contributed by atoms with E-state index in [2.05, 4.69) is 20.3 Å². The van der Waals surface area contributed by atoms with Crippen LogP contribution in [0.1, 0.15) is 29.0 Å². The molecule has 1 fully saturated rings. The number of rotatable bonds is 2. The number of amides is 2. The van der Waals surface area contributed by atoms with Crippen LogP contribution in [0.5, 0.6) is 0 Å². The minimum absolute atomic E-state index is 0.0944. The molecule has 18 heavy (non-hydrogen) atoms. The Balaban J connectivity index is 1.92. The van der Waals surface area contributed by atoms with Gasteiger partial charge in [0.2, 0.25) is 0 Å². The Morgan fingerprint density at radius 2 is 2.06 bits per heavy atom. The van der Waals surface area contributed by atoms with Gasteiger partial charge in [-0.15, -0.1) is 0 Å². The van der Waals surface area contributed by atoms with Crippen LogP contribution >= 0.6 is 0 Å². The van der Waals surface area contributed by atoms with Crippen LogP contribution in [0.25, 0.3) is 0 Å². The second-order valence-corrected chi connectivity index (χ2v) is 4.21. The van der Waals surface area contributed by atoms with Gasteiger partial charge in [-0.25, -0.2) is 9.42 Å². The van der Waals surface area contributed by atoms with Crippen molar-refractivity contribution in [3.8, 4) is 0 Å². The van der Waals surface area contributed by atoms with E-state index in [0.29, 0.717) is 31.6 Å². The molecule has 0 unspecified atom stereocenters. The van der Waals surface area contributed by atoms with Crippen molar-refractivity contribution >= 4 is 12.0 Å². The third-order valence-electron chi connectivity index (χ3n) is 2.96. The van der Waals surface area contributed by atoms with E-state index in [4.69, 9.17) is 5.11 Å². The first-order valence-corrected chi connectivity index (χ1v) is 5.66. The number of hydrogen-bond donors (Lipinski definition) is 2. The molecule has 0 spiro atoms. The number of nitrogens with one attached hydrogen (secondary N) is 1. The minimum Gasteiger partial charge on any atom is -0.465 e. The van der Waals surface area contributed by atoms with E-state index in [-0.39, 0.29) is 17.6 Å². The van der Waals surface area contributed by atoms with Crippen molar-refractivity contribution in [2.24, 2.45) is 0 Å². The predicted molar refractivity (Wildman–Crippen MR) is 59.1 cm³/mol. The van der Waals surface area contributed by atoms with Crippen LogP contribution in [-0.4, -0.2) is 51.5 Å². The molecule has 0 aliphatic carbocycles. The monoisotopic (exact) mass is 254 g/mol. The van der Waals surface area contributed by atoms with Gasteiger partial charge in [-0.3, -0.25) is 4.79 Å². The SMILES string of the molecule is Cc1nonc1C(=O)N1CCC(NC(=O)O)CC1. The standard InChI is InChI=1S/C10H14N4O4/c1-6-8(13-18-12-6)9(15)14-4-2-7(3-5-14)11-10(16)17/h7,11H,2-5H2,1H3,(H,16,17). The molecule has 2 rings (SSSR count). The highest BCUT2D eigenvalue weighted by molar-refractivity contribution is 5.93. The normalized spacial score (nSPS) is 16.6. The smallest absolute Gasteiger partial charge is 0.404 e. The summed E-state index contributed by atoms with van der Waals surface area (Å²) in [6.45, 7) is 2.65. The maximum atomic E-state index is 12.0. The molecule has 1 saturated heterocycles. The molecule has 0 saturated carbocycles. The number of piperidine rings is 1. The first kappa shape index (κ1) is 12.3. The number of likely N-dealkylation sites (tertiary alicyclic amines) is 1. The van der Waals surface area contributed by atoms with Crippen LogP contribution < -0.4 is 5.32 Å². The maximum absolute atomic E-state index is 12.0. The van der Waals surface area contributed by atoms with Crippen LogP contribution in [0.15, 0.2) is 4.63 Å². The Labute approximate surface area is 103 Å². The van der Waals surface area contributed by atoms with Crippen molar-refractivity contribution in [2.45, 2.75) is 25.8 Å². The summed E-state index contributed by atoms with van der Waals surface area (Å²) in [6.07, 6.45) is 0.168. The molecule has 0 bridgehead atoms. The van der Waals surface area contributed by atoms with Gasteiger partial charge in [-0.05, 0) is 24.9 Å². The molecule has 98 valence electrons. The van der Waals surface area contributed by atoms with E-state index >= 15 is 0 Å². The number of aryl methyl sites for hydroxylation is 1. The summed E-state index contributed by atoms with van der Waals surface area (Å²) in [4.78, 5) is 24.2. The number of carboxylic acid groups (broad SMARTS) is 1. The highest BCUT2D eigenvalue weighted by Crippen LogP contribution is 2.14. The topological polar surface area (TPSA) is 109 Å². The highest BCUT2D eigenvalue weighted by Gasteiger charge is 2.27. The Morgan fingerprint density at radius 1 is 1.39 bits per heavy atom. The van der Waals surface area contributed by atoms with Crippen molar-refractivity contribution in [3.05, 3.63) is 11.4 Å². The second-order valence-electron chi connectivity index (χ2n) is 4.21. The van der Waals surface area contributed by atoms with Gasteiger partial charge < -0.3 is 15.3 Å². The van der Waals surface area contributed by atoms with E-state index in [1.807, 2.05) is 0 Å². The fourth-order valence-electron chi connectivity index (χ4n) is 1.98. The summed E-state index contributed by atoms with van der Waals surface area (Å²) in [5, 5.41) is 18.2. The van der Waals surface area contributed by atoms with Crippen LogP contribution in [0.3, 0.4) is 0 Å². The molecular formula is C10H14N4O4. The van der Waals surface area contributed by atoms with E-state index in [1.165, 1.54) is 0 Å². The summed E-state index contributed by atoms with van der Waals surface area (Å²) in [7, 11) is 0. The maximum Gasteiger partial charge on any atom is 0.404 e. The Morgan fingerprint density at radius 3 is 2.56 bits per heavy atom. The van der Waals surface area contributed by atoms with Crippen molar-refractivity contribution in [1.82, 2.24) is 20.5 Å². The molecule has 0 atom stereocenters. The van der Waals surface area contributed by atoms with Crippen molar-refractivity contribution in [1.29, 1.82) is 0 Å². The van der Waals surface area contributed by atoms with Gasteiger partial charge in [0.15, 0.2) is 5.69 Å². The average molecular weight is 254 g/mol. The summed E-state index contributed by atoms with van der Waals surface area (Å²) < 4.78 is 4.49. The van der Waals surface area contributed by atoms with Gasteiger partial charge in [0.25, 0.3) is 5.91 Å². The van der Waals surface area contributed by atoms with Gasteiger partial charge >= 0.3 is 6.09 Å². The molecular weight excluding hydrogens is 240 g/mol. The van der Waals surface area contributed by atoms with E-state index in [1.54, 1.807) is 11.8 Å². The Hall–Kier alpha value is -2.12. The molecule has 2 heterocycles. The van der Waals surface area contributed by atoms with E-state index in [9.17, 15) is 9.59 Å². The van der Waals surface area contributed by atoms with Crippen molar-refractivity contribution < 1.29 is 19.3 Å². The second kappa shape index (κ2) is 5.03. The first-order valence-electron chi connectivity index (χ1n) is 5.66. The van der Waals surface area contributed by atoms with Gasteiger partial charge in [-0.1, -0.05) is 5.16 Å². The van der Waals surface area contributed by atoms with Crippen LogP contribution in [0, 0.1) is 6.92 Å². The summed E-state index contributed by atoms with van der Waals surface area (Å²) in [5.74, 6) is -0.220. The number of carbonyl (C=O) groups excluding carboxylic acids is 1. The van der Waals surface area contributed by atoms with Gasteiger partial charge in [0.05, 0.1) is 0 Å². The molecule has 0 aromatic carbocycles. The molecule has 1 aliphatic rings. The molecule has 8 nitrogen and oxygen atoms in total. The summed E-state index contributed by atoms with van der Waals surface area (Å²) in [6, 6.07) is -0.0944. The largest absolute Gasteiger partial charge is 0.465 e. The third kappa shape index (κ3) is 2.58. The van der Waals surface area contributed by atoms with E-state index in [0.717, 1.165) is 0 Å². The Bertz CT molecular complexity index is 450. The molecule has 1 aliphatic heterocycles. The number of nitrogens with zero attached hydrogens (tertiary/aromatic N) is 3. The van der Waals surface area contributed by atoms with E-state index < -0.39 is 6.09 Å².